The van der Waals surface area contributed by atoms with E-state index in [-0.39, 0.29) is 17.8 Å². The standard InChI is InChI=1S/C12H22N4O2/c1-5-9(3)16(7-8-18-4)12(17)11-13-10(6-2)14-15-11/h9H,5-8H2,1-4H3,(H,13,14,15). The quantitative estimate of drug-likeness (QED) is 0.795. The zero-order valence-corrected chi connectivity index (χ0v) is 11.6. The van der Waals surface area contributed by atoms with Crippen LogP contribution in [0.25, 0.3) is 0 Å². The highest BCUT2D eigenvalue weighted by Gasteiger charge is 2.23. The Bertz CT molecular complexity index is 378. The molecule has 1 amide bonds. The van der Waals surface area contributed by atoms with Crippen molar-refractivity contribution < 1.29 is 9.53 Å². The maximum Gasteiger partial charge on any atom is 0.293 e. The second kappa shape index (κ2) is 7.10. The van der Waals surface area contributed by atoms with Crippen molar-refractivity contribution in [3.63, 3.8) is 0 Å². The van der Waals surface area contributed by atoms with Gasteiger partial charge in [0.15, 0.2) is 0 Å². The van der Waals surface area contributed by atoms with Gasteiger partial charge in [0.25, 0.3) is 5.91 Å². The molecule has 0 aliphatic rings. The van der Waals surface area contributed by atoms with E-state index >= 15 is 0 Å². The molecule has 0 spiro atoms. The summed E-state index contributed by atoms with van der Waals surface area (Å²) in [4.78, 5) is 18.2. The molecule has 0 aliphatic heterocycles. The van der Waals surface area contributed by atoms with Gasteiger partial charge in [-0.3, -0.25) is 9.89 Å². The van der Waals surface area contributed by atoms with Crippen molar-refractivity contribution in [1.82, 2.24) is 20.1 Å². The first-order valence-corrected chi connectivity index (χ1v) is 6.35. The van der Waals surface area contributed by atoms with E-state index in [1.165, 1.54) is 0 Å². The van der Waals surface area contributed by atoms with Crippen LogP contribution in [0, 0.1) is 0 Å². The van der Waals surface area contributed by atoms with Crippen LogP contribution in [0.5, 0.6) is 0 Å². The number of hydrogen-bond donors (Lipinski definition) is 1. The number of nitrogens with one attached hydrogen (secondary N) is 1. The predicted molar refractivity (Wildman–Crippen MR) is 68.4 cm³/mol. The van der Waals surface area contributed by atoms with Gasteiger partial charge in [0.2, 0.25) is 5.82 Å². The number of nitrogens with zero attached hydrogens (tertiary/aromatic N) is 3. The summed E-state index contributed by atoms with van der Waals surface area (Å²) in [7, 11) is 1.63. The van der Waals surface area contributed by atoms with Crippen molar-refractivity contribution in [2.45, 2.75) is 39.7 Å². The minimum Gasteiger partial charge on any atom is -0.383 e. The Labute approximate surface area is 108 Å². The second-order valence-electron chi connectivity index (χ2n) is 4.21. The van der Waals surface area contributed by atoms with Gasteiger partial charge in [0.05, 0.1) is 6.61 Å². The summed E-state index contributed by atoms with van der Waals surface area (Å²) < 4.78 is 5.04. The largest absolute Gasteiger partial charge is 0.383 e. The topological polar surface area (TPSA) is 71.1 Å². The summed E-state index contributed by atoms with van der Waals surface area (Å²) in [6.45, 7) is 7.10. The number of aromatic nitrogens is 3. The van der Waals surface area contributed by atoms with Gasteiger partial charge >= 0.3 is 0 Å². The molecule has 0 bridgehead atoms. The molecule has 1 atom stereocenters. The third-order valence-corrected chi connectivity index (χ3v) is 2.98. The maximum absolute atomic E-state index is 12.3. The van der Waals surface area contributed by atoms with Crippen LogP contribution in [0.4, 0.5) is 0 Å². The molecular formula is C12H22N4O2. The fourth-order valence-electron chi connectivity index (χ4n) is 1.61. The van der Waals surface area contributed by atoms with Crippen molar-refractivity contribution >= 4 is 5.91 Å². The lowest BCUT2D eigenvalue weighted by molar-refractivity contribution is 0.0602. The Balaban J connectivity index is 2.80. The zero-order chi connectivity index (χ0) is 13.5. The molecule has 0 aliphatic carbocycles. The van der Waals surface area contributed by atoms with E-state index in [1.54, 1.807) is 12.0 Å². The molecule has 1 N–H and O–H groups in total. The normalized spacial score (nSPS) is 12.4. The molecule has 18 heavy (non-hydrogen) atoms. The molecule has 1 rings (SSSR count). The molecule has 1 heterocycles. The third-order valence-electron chi connectivity index (χ3n) is 2.98. The highest BCUT2D eigenvalue weighted by Crippen LogP contribution is 2.08. The molecule has 102 valence electrons. The molecule has 6 heteroatoms. The fourth-order valence-corrected chi connectivity index (χ4v) is 1.61. The number of aromatic amines is 1. The highest BCUT2D eigenvalue weighted by atomic mass is 16.5. The third kappa shape index (κ3) is 3.53. The fraction of sp³-hybridized carbons (Fsp3) is 0.750. The molecule has 0 saturated heterocycles. The highest BCUT2D eigenvalue weighted by molar-refractivity contribution is 5.90. The molecule has 1 aromatic heterocycles. The Kier molecular flexibility index (Phi) is 5.77. The number of rotatable bonds is 7. The van der Waals surface area contributed by atoms with Crippen molar-refractivity contribution in [2.24, 2.45) is 0 Å². The van der Waals surface area contributed by atoms with E-state index in [9.17, 15) is 4.79 Å². The average molecular weight is 254 g/mol. The molecule has 0 fully saturated rings. The predicted octanol–water partition coefficient (Wildman–Crippen LogP) is 1.25. The van der Waals surface area contributed by atoms with Crippen molar-refractivity contribution in [3.8, 4) is 0 Å². The smallest absolute Gasteiger partial charge is 0.293 e. The van der Waals surface area contributed by atoms with Crippen LogP contribution in [0.1, 0.15) is 43.6 Å². The Hall–Kier alpha value is -1.43. The van der Waals surface area contributed by atoms with Crippen LogP contribution in [0.15, 0.2) is 0 Å². The lowest BCUT2D eigenvalue weighted by Gasteiger charge is -2.27. The van der Waals surface area contributed by atoms with Gasteiger partial charge in [-0.1, -0.05) is 13.8 Å². The monoisotopic (exact) mass is 254 g/mol. The number of methoxy groups -OCH3 is 1. The van der Waals surface area contributed by atoms with Crippen molar-refractivity contribution in [1.29, 1.82) is 0 Å². The van der Waals surface area contributed by atoms with Gasteiger partial charge in [-0.15, -0.1) is 5.10 Å². The van der Waals surface area contributed by atoms with E-state index in [1.807, 2.05) is 20.8 Å². The summed E-state index contributed by atoms with van der Waals surface area (Å²) in [5.74, 6) is 0.829. The first kappa shape index (κ1) is 14.6. The molecule has 0 radical (unpaired) electrons. The van der Waals surface area contributed by atoms with Crippen molar-refractivity contribution in [2.75, 3.05) is 20.3 Å². The number of carbonyl (C=O) groups excluding carboxylic acids is 1. The van der Waals surface area contributed by atoms with Crippen LogP contribution >= 0.6 is 0 Å². The van der Waals surface area contributed by atoms with Gasteiger partial charge in [-0.05, 0) is 13.3 Å². The molecule has 6 nitrogen and oxygen atoms in total. The number of H-pyrrole nitrogens is 1. The average Bonchev–Trinajstić information content (AvgIpc) is 2.87. The maximum atomic E-state index is 12.3. The lowest BCUT2D eigenvalue weighted by atomic mass is 10.2. The van der Waals surface area contributed by atoms with E-state index in [0.717, 1.165) is 18.7 Å². The van der Waals surface area contributed by atoms with Gasteiger partial charge in [0.1, 0.15) is 5.82 Å². The summed E-state index contributed by atoms with van der Waals surface area (Å²) in [5, 5.41) is 6.73. The van der Waals surface area contributed by atoms with Gasteiger partial charge in [-0.25, -0.2) is 4.98 Å². The SMILES string of the molecule is CCc1nc(C(=O)N(CCOC)C(C)CC)n[nH]1. The first-order chi connectivity index (χ1) is 8.63. The van der Waals surface area contributed by atoms with E-state index in [2.05, 4.69) is 15.2 Å². The van der Waals surface area contributed by atoms with Crippen LogP contribution in [-0.4, -0.2) is 52.3 Å². The Morgan fingerprint density at radius 2 is 2.22 bits per heavy atom. The van der Waals surface area contributed by atoms with E-state index < -0.39 is 0 Å². The summed E-state index contributed by atoms with van der Waals surface area (Å²) in [5.41, 5.74) is 0. The molecule has 1 aromatic rings. The van der Waals surface area contributed by atoms with Gasteiger partial charge < -0.3 is 9.64 Å². The van der Waals surface area contributed by atoms with Gasteiger partial charge in [-0.2, -0.15) is 0 Å². The number of amides is 1. The number of ether oxygens (including phenoxy) is 1. The first-order valence-electron chi connectivity index (χ1n) is 6.35. The van der Waals surface area contributed by atoms with Crippen LogP contribution < -0.4 is 0 Å². The minimum atomic E-state index is -0.141. The molecule has 0 saturated carbocycles. The van der Waals surface area contributed by atoms with Gasteiger partial charge in [0, 0.05) is 26.1 Å². The second-order valence-corrected chi connectivity index (χ2v) is 4.21. The zero-order valence-electron chi connectivity index (χ0n) is 11.6. The lowest BCUT2D eigenvalue weighted by Crippen LogP contribution is -2.41. The van der Waals surface area contributed by atoms with Crippen LogP contribution in [0.2, 0.25) is 0 Å². The Morgan fingerprint density at radius 1 is 1.50 bits per heavy atom. The number of carbonyl (C=O) groups is 1. The number of hydrogen-bond acceptors (Lipinski definition) is 4. The van der Waals surface area contributed by atoms with E-state index in [4.69, 9.17) is 4.74 Å². The summed E-state index contributed by atoms with van der Waals surface area (Å²) in [6, 6.07) is 0.149. The summed E-state index contributed by atoms with van der Waals surface area (Å²) >= 11 is 0. The molecule has 1 unspecified atom stereocenters. The van der Waals surface area contributed by atoms with Crippen LogP contribution in [-0.2, 0) is 11.2 Å². The van der Waals surface area contributed by atoms with E-state index in [0.29, 0.717) is 13.2 Å². The molecular weight excluding hydrogens is 232 g/mol. The summed E-state index contributed by atoms with van der Waals surface area (Å²) in [6.07, 6.45) is 1.63. The van der Waals surface area contributed by atoms with Crippen molar-refractivity contribution in [3.05, 3.63) is 11.6 Å². The van der Waals surface area contributed by atoms with Crippen LogP contribution in [0.3, 0.4) is 0 Å². The minimum absolute atomic E-state index is 0.141. The Morgan fingerprint density at radius 3 is 2.72 bits per heavy atom. The molecule has 0 aromatic carbocycles. The number of aryl methyl sites for hydroxylation is 1.